The molecule has 1 heteroatoms. The molecule has 1 aromatic carbocycles. The van der Waals surface area contributed by atoms with Crippen molar-refractivity contribution in [3.8, 4) is 5.75 Å². The molecule has 1 atom stereocenters. The Morgan fingerprint density at radius 2 is 1.76 bits per heavy atom. The van der Waals surface area contributed by atoms with Gasteiger partial charge in [-0.15, -0.1) is 0 Å². The van der Waals surface area contributed by atoms with Crippen LogP contribution in [0.3, 0.4) is 0 Å². The fraction of sp³-hybridized carbons (Fsp3) is 0.625. The lowest BCUT2D eigenvalue weighted by Gasteiger charge is -2.30. The number of aromatic hydroxyl groups is 1. The maximum absolute atomic E-state index is 9.38. The summed E-state index contributed by atoms with van der Waals surface area (Å²) in [7, 11) is 0. The van der Waals surface area contributed by atoms with Crippen molar-refractivity contribution in [2.24, 2.45) is 5.92 Å². The monoisotopic (exact) mass is 232 g/mol. The van der Waals surface area contributed by atoms with Crippen LogP contribution in [0.2, 0.25) is 0 Å². The Balaban J connectivity index is 2.12. The Morgan fingerprint density at radius 3 is 2.35 bits per heavy atom. The fourth-order valence-corrected chi connectivity index (χ4v) is 3.24. The molecule has 1 nitrogen and oxygen atoms in total. The van der Waals surface area contributed by atoms with E-state index in [-0.39, 0.29) is 0 Å². The number of phenolic OH excluding ortho intramolecular Hbond substituents is 1. The second kappa shape index (κ2) is 6.09. The second-order valence-electron chi connectivity index (χ2n) is 5.38. The standard InChI is InChI=1S/C16H24O/c1-2-6-16(13-7-4-3-5-8-13)14-9-11-15(17)12-10-14/h9-13,16-17H,2-8H2,1H3. The van der Waals surface area contributed by atoms with Crippen LogP contribution in [0.5, 0.6) is 5.75 Å². The molecule has 2 rings (SSSR count). The summed E-state index contributed by atoms with van der Waals surface area (Å²) in [5.74, 6) is 1.96. The minimum atomic E-state index is 0.382. The molecule has 0 amide bonds. The van der Waals surface area contributed by atoms with Crippen LogP contribution < -0.4 is 0 Å². The zero-order chi connectivity index (χ0) is 12.1. The number of hydrogen-bond donors (Lipinski definition) is 1. The van der Waals surface area contributed by atoms with Crippen molar-refractivity contribution in [3.63, 3.8) is 0 Å². The highest BCUT2D eigenvalue weighted by Gasteiger charge is 2.24. The first-order valence-electron chi connectivity index (χ1n) is 7.10. The van der Waals surface area contributed by atoms with Crippen molar-refractivity contribution in [1.29, 1.82) is 0 Å². The van der Waals surface area contributed by atoms with Crippen molar-refractivity contribution in [2.45, 2.75) is 57.8 Å². The van der Waals surface area contributed by atoms with Crippen molar-refractivity contribution < 1.29 is 5.11 Å². The van der Waals surface area contributed by atoms with Gasteiger partial charge in [-0.25, -0.2) is 0 Å². The van der Waals surface area contributed by atoms with Crippen LogP contribution in [0.1, 0.15) is 63.4 Å². The molecule has 1 saturated carbocycles. The molecule has 1 aromatic rings. The van der Waals surface area contributed by atoms with E-state index in [4.69, 9.17) is 0 Å². The van der Waals surface area contributed by atoms with E-state index in [1.807, 2.05) is 12.1 Å². The van der Waals surface area contributed by atoms with Gasteiger partial charge in [0.05, 0.1) is 0 Å². The summed E-state index contributed by atoms with van der Waals surface area (Å²) in [5, 5.41) is 9.38. The van der Waals surface area contributed by atoms with Gasteiger partial charge in [-0.2, -0.15) is 0 Å². The minimum Gasteiger partial charge on any atom is -0.508 e. The molecule has 0 saturated heterocycles. The molecule has 94 valence electrons. The largest absolute Gasteiger partial charge is 0.508 e. The van der Waals surface area contributed by atoms with Crippen LogP contribution >= 0.6 is 0 Å². The summed E-state index contributed by atoms with van der Waals surface area (Å²) in [6.45, 7) is 2.27. The van der Waals surface area contributed by atoms with E-state index in [0.717, 1.165) is 5.92 Å². The molecule has 1 N–H and O–H groups in total. The smallest absolute Gasteiger partial charge is 0.115 e. The molecule has 0 aromatic heterocycles. The van der Waals surface area contributed by atoms with Crippen molar-refractivity contribution in [3.05, 3.63) is 29.8 Å². The molecule has 1 aliphatic carbocycles. The van der Waals surface area contributed by atoms with Crippen LogP contribution in [0.25, 0.3) is 0 Å². The van der Waals surface area contributed by atoms with Gasteiger partial charge in [-0.3, -0.25) is 0 Å². The average molecular weight is 232 g/mol. The third-order valence-electron chi connectivity index (χ3n) is 4.14. The summed E-state index contributed by atoms with van der Waals surface area (Å²) in [6.07, 6.45) is 9.56. The first kappa shape index (κ1) is 12.5. The summed E-state index contributed by atoms with van der Waals surface area (Å²) in [5.41, 5.74) is 1.43. The number of hydrogen-bond acceptors (Lipinski definition) is 1. The van der Waals surface area contributed by atoms with Crippen molar-refractivity contribution in [2.75, 3.05) is 0 Å². The molecule has 0 spiro atoms. The first-order chi connectivity index (χ1) is 8.31. The summed E-state index contributed by atoms with van der Waals surface area (Å²) in [4.78, 5) is 0. The lowest BCUT2D eigenvalue weighted by Crippen LogP contribution is -2.16. The van der Waals surface area contributed by atoms with Gasteiger partial charge in [0.1, 0.15) is 5.75 Å². The summed E-state index contributed by atoms with van der Waals surface area (Å²) >= 11 is 0. The van der Waals surface area contributed by atoms with Crippen molar-refractivity contribution >= 4 is 0 Å². The SMILES string of the molecule is CCCC(c1ccc(O)cc1)C1CCCCC1. The molecular weight excluding hydrogens is 208 g/mol. The molecule has 1 unspecified atom stereocenters. The molecule has 0 bridgehead atoms. The molecule has 1 fully saturated rings. The van der Waals surface area contributed by atoms with E-state index < -0.39 is 0 Å². The number of phenols is 1. The Bertz CT molecular complexity index is 322. The van der Waals surface area contributed by atoms with Gasteiger partial charge in [-0.1, -0.05) is 44.7 Å². The topological polar surface area (TPSA) is 20.2 Å². The predicted octanol–water partition coefficient (Wildman–Crippen LogP) is 4.86. The zero-order valence-electron chi connectivity index (χ0n) is 10.9. The Hall–Kier alpha value is -0.980. The number of benzene rings is 1. The summed E-state index contributed by atoms with van der Waals surface area (Å²) in [6, 6.07) is 7.90. The zero-order valence-corrected chi connectivity index (χ0v) is 10.9. The second-order valence-corrected chi connectivity index (χ2v) is 5.38. The lowest BCUT2D eigenvalue weighted by molar-refractivity contribution is 0.292. The predicted molar refractivity (Wildman–Crippen MR) is 72.3 cm³/mol. The van der Waals surface area contributed by atoms with Gasteiger partial charge in [0, 0.05) is 0 Å². The van der Waals surface area contributed by atoms with E-state index in [2.05, 4.69) is 19.1 Å². The van der Waals surface area contributed by atoms with Crippen LogP contribution in [0.15, 0.2) is 24.3 Å². The number of rotatable bonds is 4. The fourth-order valence-electron chi connectivity index (χ4n) is 3.24. The van der Waals surface area contributed by atoms with Crippen LogP contribution in [0.4, 0.5) is 0 Å². The highest BCUT2D eigenvalue weighted by molar-refractivity contribution is 5.28. The van der Waals surface area contributed by atoms with Gasteiger partial charge >= 0.3 is 0 Å². The molecule has 0 heterocycles. The minimum absolute atomic E-state index is 0.382. The van der Waals surface area contributed by atoms with Gasteiger partial charge in [-0.05, 0) is 48.8 Å². The quantitative estimate of drug-likeness (QED) is 0.786. The Labute approximate surface area is 105 Å². The van der Waals surface area contributed by atoms with Crippen LogP contribution in [0, 0.1) is 5.92 Å². The lowest BCUT2D eigenvalue weighted by atomic mass is 9.75. The maximum atomic E-state index is 9.38. The van der Waals surface area contributed by atoms with Crippen LogP contribution in [-0.4, -0.2) is 5.11 Å². The van der Waals surface area contributed by atoms with Gasteiger partial charge < -0.3 is 5.11 Å². The van der Waals surface area contributed by atoms with E-state index in [0.29, 0.717) is 11.7 Å². The highest BCUT2D eigenvalue weighted by Crippen LogP contribution is 2.39. The van der Waals surface area contributed by atoms with Gasteiger partial charge in [0.2, 0.25) is 0 Å². The van der Waals surface area contributed by atoms with Gasteiger partial charge in [0.15, 0.2) is 0 Å². The highest BCUT2D eigenvalue weighted by atomic mass is 16.3. The molecule has 17 heavy (non-hydrogen) atoms. The Kier molecular flexibility index (Phi) is 4.47. The molecule has 1 aliphatic rings. The third-order valence-corrected chi connectivity index (χ3v) is 4.14. The third kappa shape index (κ3) is 3.24. The van der Waals surface area contributed by atoms with Crippen LogP contribution in [-0.2, 0) is 0 Å². The van der Waals surface area contributed by atoms with Gasteiger partial charge in [0.25, 0.3) is 0 Å². The molecule has 0 radical (unpaired) electrons. The average Bonchev–Trinajstić information content (AvgIpc) is 2.38. The van der Waals surface area contributed by atoms with E-state index >= 15 is 0 Å². The van der Waals surface area contributed by atoms with E-state index in [9.17, 15) is 5.11 Å². The van der Waals surface area contributed by atoms with Crippen molar-refractivity contribution in [1.82, 2.24) is 0 Å². The molecular formula is C16H24O. The molecule has 0 aliphatic heterocycles. The normalized spacial score (nSPS) is 19.1. The first-order valence-corrected chi connectivity index (χ1v) is 7.10. The van der Waals surface area contributed by atoms with E-state index in [1.165, 1.54) is 50.5 Å². The maximum Gasteiger partial charge on any atom is 0.115 e. The Morgan fingerprint density at radius 1 is 1.12 bits per heavy atom. The van der Waals surface area contributed by atoms with E-state index in [1.54, 1.807) is 0 Å². The summed E-state index contributed by atoms with van der Waals surface area (Å²) < 4.78 is 0.